The Kier molecular flexibility index (Phi) is 10.2. The Labute approximate surface area is 140 Å². The van der Waals surface area contributed by atoms with Gasteiger partial charge in [-0.05, 0) is 24.6 Å². The first kappa shape index (κ1) is 21.4. The lowest BCUT2D eigenvalue weighted by molar-refractivity contribution is -0.0512. The number of hydrogen-bond donors (Lipinski definition) is 2. The summed E-state index contributed by atoms with van der Waals surface area (Å²) in [4.78, 5) is 12.2. The van der Waals surface area contributed by atoms with E-state index in [1.54, 1.807) is 0 Å². The molecule has 0 radical (unpaired) electrons. The molecule has 1 atom stereocenters. The van der Waals surface area contributed by atoms with E-state index in [1.807, 2.05) is 6.92 Å². The zero-order valence-corrected chi connectivity index (χ0v) is 14.0. The molecular weight excluding hydrogens is 330 g/mol. The molecule has 0 saturated heterocycles. The Morgan fingerprint density at radius 2 is 2.04 bits per heavy atom. The van der Waals surface area contributed by atoms with Crippen LogP contribution in [0.25, 0.3) is 0 Å². The number of unbranched alkanes of at least 4 members (excludes halogenated alkanes) is 1. The highest BCUT2D eigenvalue weighted by Gasteiger charge is 2.16. The first-order chi connectivity index (χ1) is 10.5. The highest BCUT2D eigenvalue weighted by Crippen LogP contribution is 2.29. The molecule has 0 saturated carbocycles. The summed E-state index contributed by atoms with van der Waals surface area (Å²) in [7, 11) is 1.34. The molecule has 0 fully saturated rings. The maximum atomic E-state index is 12.4. The lowest BCUT2D eigenvalue weighted by Gasteiger charge is -2.17. The monoisotopic (exact) mass is 352 g/mol. The molecule has 1 amide bonds. The molecule has 5 nitrogen and oxygen atoms in total. The lowest BCUT2D eigenvalue weighted by Crippen LogP contribution is -2.40. The molecule has 0 spiro atoms. The number of benzene rings is 1. The molecular formula is C15H23ClF2N2O3. The second-order valence-electron chi connectivity index (χ2n) is 4.79. The molecule has 8 heteroatoms. The van der Waals surface area contributed by atoms with Gasteiger partial charge < -0.3 is 20.5 Å². The molecule has 1 unspecified atom stereocenters. The average molecular weight is 353 g/mol. The second-order valence-corrected chi connectivity index (χ2v) is 4.79. The number of carbonyl (C=O) groups excluding carboxylic acids is 1. The van der Waals surface area contributed by atoms with E-state index < -0.39 is 6.61 Å². The van der Waals surface area contributed by atoms with Crippen LogP contribution in [0, 0.1) is 0 Å². The predicted molar refractivity (Wildman–Crippen MR) is 86.7 cm³/mol. The fraction of sp³-hybridized carbons (Fsp3) is 0.533. The number of nitrogens with two attached hydrogens (primary N) is 1. The smallest absolute Gasteiger partial charge is 0.387 e. The summed E-state index contributed by atoms with van der Waals surface area (Å²) in [5.74, 6) is -0.422. The van der Waals surface area contributed by atoms with Crippen molar-refractivity contribution in [3.05, 3.63) is 23.8 Å². The van der Waals surface area contributed by atoms with Gasteiger partial charge in [0.15, 0.2) is 11.5 Å². The minimum atomic E-state index is -2.99. The number of rotatable bonds is 9. The van der Waals surface area contributed by atoms with Gasteiger partial charge in [-0.2, -0.15) is 8.78 Å². The van der Waals surface area contributed by atoms with E-state index in [0.717, 1.165) is 19.3 Å². The number of amides is 1. The van der Waals surface area contributed by atoms with E-state index in [4.69, 9.17) is 10.5 Å². The quantitative estimate of drug-likeness (QED) is 0.716. The summed E-state index contributed by atoms with van der Waals surface area (Å²) < 4.78 is 34.0. The van der Waals surface area contributed by atoms with Crippen LogP contribution in [0.5, 0.6) is 11.5 Å². The molecule has 1 aromatic carbocycles. The Hall–Kier alpha value is -1.60. The maximum absolute atomic E-state index is 12.4. The number of halogens is 3. The van der Waals surface area contributed by atoms with Crippen molar-refractivity contribution in [1.82, 2.24) is 5.32 Å². The Bertz CT molecular complexity index is 490. The summed E-state index contributed by atoms with van der Waals surface area (Å²) in [6, 6.07) is 3.98. The van der Waals surface area contributed by atoms with Crippen LogP contribution in [0.15, 0.2) is 18.2 Å². The van der Waals surface area contributed by atoms with Crippen LogP contribution in [-0.4, -0.2) is 32.2 Å². The molecule has 23 heavy (non-hydrogen) atoms. The molecule has 0 heterocycles. The minimum Gasteiger partial charge on any atom is -0.493 e. The fourth-order valence-corrected chi connectivity index (χ4v) is 1.97. The van der Waals surface area contributed by atoms with Gasteiger partial charge >= 0.3 is 6.61 Å². The van der Waals surface area contributed by atoms with Crippen molar-refractivity contribution < 1.29 is 23.0 Å². The molecule has 0 aliphatic rings. The molecule has 3 N–H and O–H groups in total. The van der Waals surface area contributed by atoms with Crippen molar-refractivity contribution >= 4 is 18.3 Å². The summed E-state index contributed by atoms with van der Waals surface area (Å²) in [6.45, 7) is -0.622. The Morgan fingerprint density at radius 1 is 1.35 bits per heavy atom. The molecule has 1 aromatic rings. The SMILES string of the molecule is CCCCC(CN)NC(=O)c1ccc(OC)c(OC(F)F)c1.Cl. The molecule has 0 aliphatic heterocycles. The van der Waals surface area contributed by atoms with Crippen LogP contribution < -0.4 is 20.5 Å². The van der Waals surface area contributed by atoms with Crippen LogP contribution in [0.4, 0.5) is 8.78 Å². The Balaban J connectivity index is 0.00000484. The summed E-state index contributed by atoms with van der Waals surface area (Å²) >= 11 is 0. The zero-order chi connectivity index (χ0) is 16.5. The van der Waals surface area contributed by atoms with Crippen LogP contribution >= 0.6 is 12.4 Å². The van der Waals surface area contributed by atoms with Crippen LogP contribution in [0.1, 0.15) is 36.5 Å². The number of carbonyl (C=O) groups is 1. The van der Waals surface area contributed by atoms with E-state index in [-0.39, 0.29) is 41.4 Å². The van der Waals surface area contributed by atoms with Gasteiger partial charge in [0.05, 0.1) is 7.11 Å². The first-order valence-electron chi connectivity index (χ1n) is 7.15. The first-order valence-corrected chi connectivity index (χ1v) is 7.15. The predicted octanol–water partition coefficient (Wildman–Crippen LogP) is 2.97. The summed E-state index contributed by atoms with van der Waals surface area (Å²) in [5.41, 5.74) is 5.84. The van der Waals surface area contributed by atoms with Crippen LogP contribution in [-0.2, 0) is 0 Å². The highest BCUT2D eigenvalue weighted by molar-refractivity contribution is 5.95. The summed E-state index contributed by atoms with van der Waals surface area (Å²) in [6.07, 6.45) is 2.72. The molecule has 0 bridgehead atoms. The third-order valence-electron chi connectivity index (χ3n) is 3.17. The summed E-state index contributed by atoms with van der Waals surface area (Å²) in [5, 5.41) is 2.79. The van der Waals surface area contributed by atoms with E-state index in [1.165, 1.54) is 25.3 Å². The topological polar surface area (TPSA) is 73.6 Å². The van der Waals surface area contributed by atoms with Crippen molar-refractivity contribution in [2.45, 2.75) is 38.8 Å². The van der Waals surface area contributed by atoms with Gasteiger partial charge in [0.2, 0.25) is 0 Å². The van der Waals surface area contributed by atoms with E-state index in [9.17, 15) is 13.6 Å². The molecule has 1 rings (SSSR count). The van der Waals surface area contributed by atoms with Gasteiger partial charge in [0.1, 0.15) is 0 Å². The lowest BCUT2D eigenvalue weighted by atomic mass is 10.1. The minimum absolute atomic E-state index is 0. The molecule has 0 aromatic heterocycles. The highest BCUT2D eigenvalue weighted by atomic mass is 35.5. The van der Waals surface area contributed by atoms with Gasteiger partial charge in [-0.3, -0.25) is 4.79 Å². The zero-order valence-electron chi connectivity index (χ0n) is 13.2. The molecule has 132 valence electrons. The number of ether oxygens (including phenoxy) is 2. The maximum Gasteiger partial charge on any atom is 0.387 e. The largest absolute Gasteiger partial charge is 0.493 e. The van der Waals surface area contributed by atoms with Crippen molar-refractivity contribution in [2.24, 2.45) is 5.73 Å². The van der Waals surface area contributed by atoms with Crippen molar-refractivity contribution in [3.8, 4) is 11.5 Å². The van der Waals surface area contributed by atoms with Gasteiger partial charge in [0.25, 0.3) is 5.91 Å². The standard InChI is InChI=1S/C15H22F2N2O3.ClH/c1-3-4-5-11(9-18)19-14(20)10-6-7-12(21-2)13(8-10)22-15(16)17;/h6-8,11,15H,3-5,9,18H2,1-2H3,(H,19,20);1H. The third-order valence-corrected chi connectivity index (χ3v) is 3.17. The van der Waals surface area contributed by atoms with Gasteiger partial charge in [-0.25, -0.2) is 0 Å². The number of methoxy groups -OCH3 is 1. The van der Waals surface area contributed by atoms with E-state index >= 15 is 0 Å². The normalized spacial score (nSPS) is 11.6. The van der Waals surface area contributed by atoms with Gasteiger partial charge in [-0.1, -0.05) is 19.8 Å². The Morgan fingerprint density at radius 3 is 2.57 bits per heavy atom. The third kappa shape index (κ3) is 7.00. The molecule has 0 aliphatic carbocycles. The number of nitrogens with one attached hydrogen (secondary N) is 1. The van der Waals surface area contributed by atoms with Gasteiger partial charge in [-0.15, -0.1) is 12.4 Å². The van der Waals surface area contributed by atoms with Crippen molar-refractivity contribution in [1.29, 1.82) is 0 Å². The number of hydrogen-bond acceptors (Lipinski definition) is 4. The fourth-order valence-electron chi connectivity index (χ4n) is 1.97. The van der Waals surface area contributed by atoms with E-state index in [2.05, 4.69) is 10.1 Å². The van der Waals surface area contributed by atoms with Crippen LogP contribution in [0.2, 0.25) is 0 Å². The average Bonchev–Trinajstić information content (AvgIpc) is 2.50. The second kappa shape index (κ2) is 11.0. The van der Waals surface area contributed by atoms with Crippen molar-refractivity contribution in [2.75, 3.05) is 13.7 Å². The van der Waals surface area contributed by atoms with Gasteiger partial charge in [0, 0.05) is 18.2 Å². The number of alkyl halides is 2. The van der Waals surface area contributed by atoms with Crippen LogP contribution in [0.3, 0.4) is 0 Å². The van der Waals surface area contributed by atoms with E-state index in [0.29, 0.717) is 6.54 Å². The van der Waals surface area contributed by atoms with Crippen molar-refractivity contribution in [3.63, 3.8) is 0 Å².